The molecule has 1 N–H and O–H groups in total. The number of piperidine rings is 1. The van der Waals surface area contributed by atoms with Crippen molar-refractivity contribution in [3.05, 3.63) is 21.3 Å². The van der Waals surface area contributed by atoms with E-state index in [0.29, 0.717) is 17.1 Å². The molecule has 1 aliphatic carbocycles. The molecule has 0 unspecified atom stereocenters. The van der Waals surface area contributed by atoms with Gasteiger partial charge in [0.2, 0.25) is 0 Å². The predicted molar refractivity (Wildman–Crippen MR) is 116 cm³/mol. The maximum atomic E-state index is 12.8. The Morgan fingerprint density at radius 3 is 2.33 bits per heavy atom. The van der Waals surface area contributed by atoms with Crippen LogP contribution in [0.25, 0.3) is 0 Å². The summed E-state index contributed by atoms with van der Waals surface area (Å²) in [6.45, 7) is 3.42. The van der Waals surface area contributed by atoms with Crippen LogP contribution in [0.4, 0.5) is 0 Å². The molecular weight excluding hydrogens is 455 g/mol. The molecule has 1 saturated heterocycles. The van der Waals surface area contributed by atoms with Gasteiger partial charge in [-0.25, -0.2) is 0 Å². The maximum absolute atomic E-state index is 12.8. The Morgan fingerprint density at radius 1 is 1.07 bits per heavy atom. The number of methoxy groups -OCH3 is 2. The molecule has 1 saturated carbocycles. The number of carbonyl (C=O) groups excluding carboxylic acids is 1. The highest BCUT2D eigenvalue weighted by atomic mass is 127. The van der Waals surface area contributed by atoms with Crippen LogP contribution in [0.5, 0.6) is 11.5 Å². The Kier molecular flexibility index (Phi) is 7.64. The lowest BCUT2D eigenvalue weighted by molar-refractivity contribution is 0.0900. The molecule has 1 aromatic rings. The molecule has 5 nitrogen and oxygen atoms in total. The van der Waals surface area contributed by atoms with E-state index in [2.05, 4.69) is 32.8 Å². The average molecular weight is 486 g/mol. The SMILES string of the molecule is COc1cc(I)c(C(=O)NC2CCN(CC3CCCCC3)CC2)cc1OC. The van der Waals surface area contributed by atoms with E-state index in [9.17, 15) is 4.79 Å². The number of carbonyl (C=O) groups is 1. The summed E-state index contributed by atoms with van der Waals surface area (Å²) >= 11 is 2.18. The molecule has 3 rings (SSSR count). The second-order valence-corrected chi connectivity index (χ2v) is 8.90. The number of nitrogens with zero attached hydrogens (tertiary/aromatic N) is 1. The standard InChI is InChI=1S/C21H31IN2O3/c1-26-19-12-17(18(22)13-20(19)27-2)21(25)23-16-8-10-24(11-9-16)14-15-6-4-3-5-7-15/h12-13,15-16H,3-11,14H2,1-2H3,(H,23,25). The van der Waals surface area contributed by atoms with Crippen LogP contribution in [0.2, 0.25) is 0 Å². The smallest absolute Gasteiger partial charge is 0.252 e. The molecule has 1 aromatic carbocycles. The van der Waals surface area contributed by atoms with Gasteiger partial charge in [0.25, 0.3) is 5.91 Å². The third-order valence-corrected chi connectivity index (χ3v) is 6.77. The summed E-state index contributed by atoms with van der Waals surface area (Å²) < 4.78 is 11.5. The first kappa shape index (κ1) is 20.7. The Bertz CT molecular complexity index is 639. The van der Waals surface area contributed by atoms with Gasteiger partial charge < -0.3 is 19.7 Å². The second kappa shape index (κ2) is 9.96. The van der Waals surface area contributed by atoms with Crippen LogP contribution in [0, 0.1) is 9.49 Å². The van der Waals surface area contributed by atoms with Crippen molar-refractivity contribution >= 4 is 28.5 Å². The normalized spacial score (nSPS) is 19.7. The van der Waals surface area contributed by atoms with Gasteiger partial charge in [0.15, 0.2) is 11.5 Å². The van der Waals surface area contributed by atoms with Crippen molar-refractivity contribution in [2.75, 3.05) is 33.9 Å². The van der Waals surface area contributed by atoms with Gasteiger partial charge in [-0.05, 0) is 66.3 Å². The van der Waals surface area contributed by atoms with E-state index in [1.54, 1.807) is 20.3 Å². The number of benzene rings is 1. The summed E-state index contributed by atoms with van der Waals surface area (Å²) in [4.78, 5) is 15.4. The van der Waals surface area contributed by atoms with Gasteiger partial charge in [-0.15, -0.1) is 0 Å². The number of nitrogens with one attached hydrogen (secondary N) is 1. The third-order valence-electron chi connectivity index (χ3n) is 5.88. The summed E-state index contributed by atoms with van der Waals surface area (Å²) in [7, 11) is 3.20. The summed E-state index contributed by atoms with van der Waals surface area (Å²) in [5, 5.41) is 3.22. The monoisotopic (exact) mass is 486 g/mol. The largest absolute Gasteiger partial charge is 0.493 e. The molecular formula is C21H31IN2O3. The van der Waals surface area contributed by atoms with Crippen molar-refractivity contribution in [1.29, 1.82) is 0 Å². The van der Waals surface area contributed by atoms with E-state index in [0.717, 1.165) is 35.4 Å². The van der Waals surface area contributed by atoms with Crippen molar-refractivity contribution < 1.29 is 14.3 Å². The van der Waals surface area contributed by atoms with Crippen LogP contribution in [0.15, 0.2) is 12.1 Å². The molecule has 1 heterocycles. The molecule has 0 spiro atoms. The Balaban J connectivity index is 1.52. The molecule has 0 atom stereocenters. The van der Waals surface area contributed by atoms with Crippen molar-refractivity contribution in [2.24, 2.45) is 5.92 Å². The molecule has 0 aromatic heterocycles. The lowest BCUT2D eigenvalue weighted by Gasteiger charge is -2.35. The van der Waals surface area contributed by atoms with Crippen molar-refractivity contribution in [2.45, 2.75) is 51.0 Å². The highest BCUT2D eigenvalue weighted by Crippen LogP contribution is 2.31. The van der Waals surface area contributed by atoms with Crippen LogP contribution < -0.4 is 14.8 Å². The zero-order valence-electron chi connectivity index (χ0n) is 16.4. The van der Waals surface area contributed by atoms with Crippen LogP contribution in [-0.2, 0) is 0 Å². The van der Waals surface area contributed by atoms with Crippen LogP contribution >= 0.6 is 22.6 Å². The predicted octanol–water partition coefficient (Wildman–Crippen LogP) is 4.08. The first-order chi connectivity index (χ1) is 13.1. The molecule has 0 radical (unpaired) electrons. The van der Waals surface area contributed by atoms with E-state index in [1.165, 1.54) is 38.6 Å². The molecule has 2 fully saturated rings. The summed E-state index contributed by atoms with van der Waals surface area (Å²) in [6, 6.07) is 3.87. The fourth-order valence-corrected chi connectivity index (χ4v) is 4.97. The third kappa shape index (κ3) is 5.50. The fourth-order valence-electron chi connectivity index (χ4n) is 4.29. The number of hydrogen-bond acceptors (Lipinski definition) is 4. The average Bonchev–Trinajstić information content (AvgIpc) is 2.70. The highest BCUT2D eigenvalue weighted by Gasteiger charge is 2.25. The topological polar surface area (TPSA) is 50.8 Å². The van der Waals surface area contributed by atoms with Crippen molar-refractivity contribution in [3.8, 4) is 11.5 Å². The maximum Gasteiger partial charge on any atom is 0.252 e. The first-order valence-corrected chi connectivity index (χ1v) is 11.1. The molecule has 6 heteroatoms. The zero-order chi connectivity index (χ0) is 19.2. The van der Waals surface area contributed by atoms with Crippen molar-refractivity contribution in [3.63, 3.8) is 0 Å². The Labute approximate surface area is 176 Å². The lowest BCUT2D eigenvalue weighted by Crippen LogP contribution is -2.46. The number of amides is 1. The number of hydrogen-bond donors (Lipinski definition) is 1. The van der Waals surface area contributed by atoms with Crippen LogP contribution in [0.1, 0.15) is 55.3 Å². The highest BCUT2D eigenvalue weighted by molar-refractivity contribution is 14.1. The quantitative estimate of drug-likeness (QED) is 0.616. The fraction of sp³-hybridized carbons (Fsp3) is 0.667. The van der Waals surface area contributed by atoms with E-state index < -0.39 is 0 Å². The second-order valence-electron chi connectivity index (χ2n) is 7.74. The number of halogens is 1. The summed E-state index contributed by atoms with van der Waals surface area (Å²) in [5.41, 5.74) is 0.651. The molecule has 1 amide bonds. The van der Waals surface area contributed by atoms with Gasteiger partial charge in [0.05, 0.1) is 19.8 Å². The molecule has 2 aliphatic rings. The van der Waals surface area contributed by atoms with Crippen LogP contribution in [-0.4, -0.2) is 50.7 Å². The van der Waals surface area contributed by atoms with Gasteiger partial charge in [-0.2, -0.15) is 0 Å². The van der Waals surface area contributed by atoms with Crippen molar-refractivity contribution in [1.82, 2.24) is 10.2 Å². The van der Waals surface area contributed by atoms with E-state index >= 15 is 0 Å². The number of rotatable bonds is 6. The minimum absolute atomic E-state index is 0.0221. The molecule has 150 valence electrons. The Hall–Kier alpha value is -1.02. The number of ether oxygens (including phenoxy) is 2. The van der Waals surface area contributed by atoms with E-state index in [1.807, 2.05) is 6.07 Å². The summed E-state index contributed by atoms with van der Waals surface area (Å²) in [6.07, 6.45) is 9.08. The van der Waals surface area contributed by atoms with Gasteiger partial charge in [0, 0.05) is 29.2 Å². The summed E-state index contributed by atoms with van der Waals surface area (Å²) in [5.74, 6) is 2.10. The van der Waals surface area contributed by atoms with Gasteiger partial charge in [-0.3, -0.25) is 4.79 Å². The minimum atomic E-state index is -0.0221. The molecule has 27 heavy (non-hydrogen) atoms. The minimum Gasteiger partial charge on any atom is -0.493 e. The van der Waals surface area contributed by atoms with Gasteiger partial charge >= 0.3 is 0 Å². The number of likely N-dealkylation sites (tertiary alicyclic amines) is 1. The Morgan fingerprint density at radius 2 is 1.70 bits per heavy atom. The van der Waals surface area contributed by atoms with Crippen LogP contribution in [0.3, 0.4) is 0 Å². The molecule has 1 aliphatic heterocycles. The lowest BCUT2D eigenvalue weighted by atomic mass is 9.88. The van der Waals surface area contributed by atoms with E-state index in [-0.39, 0.29) is 11.9 Å². The zero-order valence-corrected chi connectivity index (χ0v) is 18.6. The van der Waals surface area contributed by atoms with Gasteiger partial charge in [-0.1, -0.05) is 19.3 Å². The van der Waals surface area contributed by atoms with E-state index in [4.69, 9.17) is 9.47 Å². The first-order valence-electron chi connectivity index (χ1n) is 10.1. The van der Waals surface area contributed by atoms with Gasteiger partial charge in [0.1, 0.15) is 0 Å². The molecule has 0 bridgehead atoms.